The molecule has 0 aromatic carbocycles. The second kappa shape index (κ2) is 4.69. The van der Waals surface area contributed by atoms with Gasteiger partial charge in [0.2, 0.25) is 0 Å². The summed E-state index contributed by atoms with van der Waals surface area (Å²) < 4.78 is 2.08. The number of anilines is 1. The Morgan fingerprint density at radius 2 is 2.26 bits per heavy atom. The Kier molecular flexibility index (Phi) is 3.15. The quantitative estimate of drug-likeness (QED) is 0.919. The number of nitrogen functional groups attached to an aromatic ring is 1. The summed E-state index contributed by atoms with van der Waals surface area (Å²) in [4.78, 5) is 7.04. The number of hydrogen-bond donors (Lipinski definition) is 1. The SMILES string of the molecule is CC(C)N1CCC(c2nc(Cl)c3cc(N)ccn23)C1. The molecule has 0 aliphatic carbocycles. The molecule has 3 heterocycles. The molecule has 0 bridgehead atoms. The Bertz CT molecular complexity index is 605. The molecular weight excluding hydrogens is 260 g/mol. The Balaban J connectivity index is 1.98. The molecule has 1 aliphatic heterocycles. The smallest absolute Gasteiger partial charge is 0.155 e. The van der Waals surface area contributed by atoms with E-state index in [0.717, 1.165) is 36.5 Å². The van der Waals surface area contributed by atoms with Crippen LogP contribution in [0.2, 0.25) is 5.15 Å². The highest BCUT2D eigenvalue weighted by molar-refractivity contribution is 6.32. The molecule has 0 amide bonds. The van der Waals surface area contributed by atoms with Gasteiger partial charge in [0.05, 0.1) is 5.52 Å². The highest BCUT2D eigenvalue weighted by Crippen LogP contribution is 2.31. The highest BCUT2D eigenvalue weighted by Gasteiger charge is 2.29. The minimum absolute atomic E-state index is 0.450. The molecule has 3 rings (SSSR count). The molecule has 2 N–H and O–H groups in total. The molecule has 102 valence electrons. The number of aromatic nitrogens is 2. The molecule has 1 saturated heterocycles. The molecule has 0 spiro atoms. The number of nitrogens with zero attached hydrogens (tertiary/aromatic N) is 3. The van der Waals surface area contributed by atoms with E-state index in [0.29, 0.717) is 17.1 Å². The standard InChI is InChI=1S/C14H19ClN4/c1-9(2)18-5-3-10(8-18)14-17-13(15)12-7-11(16)4-6-19(12)14/h4,6-7,9-10H,3,5,8,16H2,1-2H3. The third-order valence-electron chi connectivity index (χ3n) is 3.96. The van der Waals surface area contributed by atoms with Crippen molar-refractivity contribution in [3.05, 3.63) is 29.3 Å². The summed E-state index contributed by atoms with van der Waals surface area (Å²) in [5.74, 6) is 1.51. The predicted octanol–water partition coefficient (Wildman–Crippen LogP) is 2.77. The van der Waals surface area contributed by atoms with Crippen LogP contribution in [0.25, 0.3) is 5.52 Å². The van der Waals surface area contributed by atoms with Crippen LogP contribution in [-0.4, -0.2) is 33.4 Å². The topological polar surface area (TPSA) is 46.6 Å². The fourth-order valence-corrected chi connectivity index (χ4v) is 3.07. The van der Waals surface area contributed by atoms with E-state index in [1.807, 2.05) is 18.3 Å². The maximum Gasteiger partial charge on any atom is 0.155 e. The first-order valence-electron chi connectivity index (χ1n) is 6.73. The van der Waals surface area contributed by atoms with E-state index in [9.17, 15) is 0 Å². The van der Waals surface area contributed by atoms with Crippen LogP contribution in [0.1, 0.15) is 32.0 Å². The normalized spacial score (nSPS) is 20.7. The van der Waals surface area contributed by atoms with Crippen molar-refractivity contribution in [2.45, 2.75) is 32.2 Å². The van der Waals surface area contributed by atoms with Gasteiger partial charge in [0.25, 0.3) is 0 Å². The molecular formula is C14H19ClN4. The second-order valence-electron chi connectivity index (χ2n) is 5.55. The van der Waals surface area contributed by atoms with Crippen molar-refractivity contribution in [2.75, 3.05) is 18.8 Å². The number of nitrogens with two attached hydrogens (primary N) is 1. The molecule has 0 saturated carbocycles. The van der Waals surface area contributed by atoms with Crippen LogP contribution in [-0.2, 0) is 0 Å². The number of rotatable bonds is 2. The molecule has 1 unspecified atom stereocenters. The van der Waals surface area contributed by atoms with E-state index in [4.69, 9.17) is 17.3 Å². The number of halogens is 1. The van der Waals surface area contributed by atoms with Gasteiger partial charge in [-0.3, -0.25) is 0 Å². The summed E-state index contributed by atoms with van der Waals surface area (Å²) >= 11 is 6.23. The molecule has 5 heteroatoms. The van der Waals surface area contributed by atoms with Crippen LogP contribution in [0.3, 0.4) is 0 Å². The van der Waals surface area contributed by atoms with Crippen molar-refractivity contribution in [3.8, 4) is 0 Å². The molecule has 0 radical (unpaired) electrons. The maximum atomic E-state index is 6.23. The summed E-state index contributed by atoms with van der Waals surface area (Å²) in [5, 5.41) is 0.547. The Hall–Kier alpha value is -1.26. The lowest BCUT2D eigenvalue weighted by atomic mass is 10.1. The van der Waals surface area contributed by atoms with Crippen molar-refractivity contribution in [1.82, 2.24) is 14.3 Å². The number of likely N-dealkylation sites (tertiary alicyclic amines) is 1. The van der Waals surface area contributed by atoms with Crippen LogP contribution in [0.15, 0.2) is 18.3 Å². The molecule has 4 nitrogen and oxygen atoms in total. The minimum Gasteiger partial charge on any atom is -0.399 e. The van der Waals surface area contributed by atoms with E-state index < -0.39 is 0 Å². The second-order valence-corrected chi connectivity index (χ2v) is 5.91. The van der Waals surface area contributed by atoms with Gasteiger partial charge in [-0.2, -0.15) is 0 Å². The van der Waals surface area contributed by atoms with Gasteiger partial charge in [-0.05, 0) is 38.9 Å². The summed E-state index contributed by atoms with van der Waals surface area (Å²) in [5.41, 5.74) is 7.43. The number of imidazole rings is 1. The van der Waals surface area contributed by atoms with Crippen LogP contribution >= 0.6 is 11.6 Å². The van der Waals surface area contributed by atoms with Gasteiger partial charge in [0, 0.05) is 30.4 Å². The van der Waals surface area contributed by atoms with Crippen LogP contribution < -0.4 is 5.73 Å². The summed E-state index contributed by atoms with van der Waals surface area (Å²) in [6, 6.07) is 4.36. The average molecular weight is 279 g/mol. The van der Waals surface area contributed by atoms with Crippen LogP contribution in [0.5, 0.6) is 0 Å². The fraction of sp³-hybridized carbons (Fsp3) is 0.500. The van der Waals surface area contributed by atoms with Crippen molar-refractivity contribution in [3.63, 3.8) is 0 Å². The first-order valence-corrected chi connectivity index (χ1v) is 7.11. The summed E-state index contributed by atoms with van der Waals surface area (Å²) in [7, 11) is 0. The molecule has 1 fully saturated rings. The Labute approximate surface area is 118 Å². The first kappa shape index (κ1) is 12.8. The lowest BCUT2D eigenvalue weighted by molar-refractivity contribution is 0.272. The number of hydrogen-bond acceptors (Lipinski definition) is 3. The minimum atomic E-state index is 0.450. The van der Waals surface area contributed by atoms with E-state index >= 15 is 0 Å². The number of fused-ring (bicyclic) bond motifs is 1. The highest BCUT2D eigenvalue weighted by atomic mass is 35.5. The van der Waals surface area contributed by atoms with Gasteiger partial charge in [-0.15, -0.1) is 0 Å². The Morgan fingerprint density at radius 3 is 2.95 bits per heavy atom. The van der Waals surface area contributed by atoms with Gasteiger partial charge in [-0.25, -0.2) is 4.98 Å². The number of pyridine rings is 1. The zero-order valence-corrected chi connectivity index (χ0v) is 12.1. The van der Waals surface area contributed by atoms with Crippen molar-refractivity contribution in [2.24, 2.45) is 0 Å². The van der Waals surface area contributed by atoms with Gasteiger partial charge in [0.1, 0.15) is 5.82 Å². The molecule has 19 heavy (non-hydrogen) atoms. The predicted molar refractivity (Wildman–Crippen MR) is 78.7 cm³/mol. The van der Waals surface area contributed by atoms with E-state index in [2.05, 4.69) is 28.1 Å². The van der Waals surface area contributed by atoms with Gasteiger partial charge < -0.3 is 15.0 Å². The zero-order chi connectivity index (χ0) is 13.6. The van der Waals surface area contributed by atoms with Crippen molar-refractivity contribution in [1.29, 1.82) is 0 Å². The van der Waals surface area contributed by atoms with Crippen LogP contribution in [0, 0.1) is 0 Å². The van der Waals surface area contributed by atoms with E-state index in [1.165, 1.54) is 0 Å². The van der Waals surface area contributed by atoms with E-state index in [1.54, 1.807) is 0 Å². The zero-order valence-electron chi connectivity index (χ0n) is 11.3. The van der Waals surface area contributed by atoms with Gasteiger partial charge >= 0.3 is 0 Å². The van der Waals surface area contributed by atoms with Crippen molar-refractivity contribution < 1.29 is 0 Å². The third-order valence-corrected chi connectivity index (χ3v) is 4.24. The molecule has 2 aromatic heterocycles. The van der Waals surface area contributed by atoms with Gasteiger partial charge in [0.15, 0.2) is 5.15 Å². The lowest BCUT2D eigenvalue weighted by Crippen LogP contribution is -2.28. The van der Waals surface area contributed by atoms with E-state index in [-0.39, 0.29) is 0 Å². The monoisotopic (exact) mass is 278 g/mol. The maximum absolute atomic E-state index is 6.23. The lowest BCUT2D eigenvalue weighted by Gasteiger charge is -2.19. The molecule has 2 aromatic rings. The average Bonchev–Trinajstić information content (AvgIpc) is 2.95. The summed E-state index contributed by atoms with van der Waals surface area (Å²) in [6.45, 7) is 6.65. The van der Waals surface area contributed by atoms with Gasteiger partial charge in [-0.1, -0.05) is 11.6 Å². The summed E-state index contributed by atoms with van der Waals surface area (Å²) in [6.07, 6.45) is 3.11. The molecule has 1 atom stereocenters. The first-order chi connectivity index (χ1) is 9.06. The largest absolute Gasteiger partial charge is 0.399 e. The van der Waals surface area contributed by atoms with Crippen molar-refractivity contribution >= 4 is 22.8 Å². The fourth-order valence-electron chi connectivity index (χ4n) is 2.84. The molecule has 1 aliphatic rings. The van der Waals surface area contributed by atoms with Crippen LogP contribution in [0.4, 0.5) is 5.69 Å². The third kappa shape index (κ3) is 2.19. The Morgan fingerprint density at radius 1 is 1.47 bits per heavy atom.